The topological polar surface area (TPSA) is 77.9 Å². The van der Waals surface area contributed by atoms with Crippen LogP contribution in [0.2, 0.25) is 0 Å². The molecule has 5 rings (SSSR count). The van der Waals surface area contributed by atoms with Crippen molar-refractivity contribution in [3.05, 3.63) is 108 Å². The minimum absolute atomic E-state index is 0.0302. The molecule has 2 fully saturated rings. The Balaban J connectivity index is 1.43. The fourth-order valence-electron chi connectivity index (χ4n) is 6.06. The van der Waals surface area contributed by atoms with Crippen molar-refractivity contribution in [1.29, 1.82) is 0 Å². The van der Waals surface area contributed by atoms with Gasteiger partial charge >= 0.3 is 5.97 Å². The van der Waals surface area contributed by atoms with Gasteiger partial charge in [0.1, 0.15) is 6.04 Å². The third-order valence-electron chi connectivity index (χ3n) is 7.76. The molecule has 2 heterocycles. The minimum atomic E-state index is -1.07. The maximum absolute atomic E-state index is 14.1. The van der Waals surface area contributed by atoms with E-state index in [1.165, 1.54) is 4.90 Å². The molecule has 2 bridgehead atoms. The van der Waals surface area contributed by atoms with Crippen LogP contribution in [0.15, 0.2) is 91.0 Å². The average molecular weight is 497 g/mol. The van der Waals surface area contributed by atoms with Gasteiger partial charge in [0.2, 0.25) is 11.8 Å². The van der Waals surface area contributed by atoms with E-state index in [2.05, 4.69) is 0 Å². The first kappa shape index (κ1) is 24.8. The van der Waals surface area contributed by atoms with Gasteiger partial charge in [0.05, 0.1) is 12.0 Å². The molecule has 4 atom stereocenters. The predicted octanol–water partition coefficient (Wildman–Crippen LogP) is 4.35. The first-order valence-corrected chi connectivity index (χ1v) is 12.9. The van der Waals surface area contributed by atoms with Gasteiger partial charge in [-0.05, 0) is 36.0 Å². The highest BCUT2D eigenvalue weighted by atomic mass is 16.4. The first-order chi connectivity index (χ1) is 18.0. The lowest BCUT2D eigenvalue weighted by atomic mass is 9.88. The number of amides is 2. The van der Waals surface area contributed by atoms with Crippen molar-refractivity contribution in [2.75, 3.05) is 6.54 Å². The molecule has 6 heteroatoms. The molecule has 2 aliphatic heterocycles. The largest absolute Gasteiger partial charge is 0.480 e. The summed E-state index contributed by atoms with van der Waals surface area (Å²) in [4.78, 5) is 43.7. The normalized spacial score (nSPS) is 21.6. The Morgan fingerprint density at radius 1 is 0.811 bits per heavy atom. The average Bonchev–Trinajstić information content (AvgIpc) is 3.22. The number of carbonyl (C=O) groups excluding carboxylic acids is 2. The van der Waals surface area contributed by atoms with Gasteiger partial charge in [-0.15, -0.1) is 0 Å². The molecule has 3 aromatic carbocycles. The fourth-order valence-corrected chi connectivity index (χ4v) is 6.06. The molecule has 2 aliphatic rings. The van der Waals surface area contributed by atoms with Gasteiger partial charge in [0.25, 0.3) is 0 Å². The number of carboxylic acid groups (broad SMARTS) is 1. The molecule has 37 heavy (non-hydrogen) atoms. The van der Waals surface area contributed by atoms with Gasteiger partial charge < -0.3 is 14.9 Å². The summed E-state index contributed by atoms with van der Waals surface area (Å²) in [5.41, 5.74) is 2.73. The maximum Gasteiger partial charge on any atom is 0.328 e. The van der Waals surface area contributed by atoms with Gasteiger partial charge in [-0.1, -0.05) is 97.9 Å². The van der Waals surface area contributed by atoms with Crippen LogP contribution in [0.3, 0.4) is 0 Å². The molecular formula is C31H32N2O4. The summed E-state index contributed by atoms with van der Waals surface area (Å²) in [6.07, 6.45) is 1.87. The first-order valence-electron chi connectivity index (χ1n) is 12.9. The summed E-state index contributed by atoms with van der Waals surface area (Å²) in [6.45, 7) is 2.13. The molecule has 0 radical (unpaired) electrons. The number of likely N-dealkylation sites (tertiary alicyclic amines) is 1. The second-order valence-corrected chi connectivity index (χ2v) is 10.2. The molecule has 0 saturated carbocycles. The van der Waals surface area contributed by atoms with Crippen molar-refractivity contribution >= 4 is 17.8 Å². The van der Waals surface area contributed by atoms with Crippen LogP contribution in [-0.2, 0) is 20.8 Å². The van der Waals surface area contributed by atoms with E-state index in [9.17, 15) is 19.5 Å². The molecule has 0 aliphatic carbocycles. The third-order valence-corrected chi connectivity index (χ3v) is 7.76. The van der Waals surface area contributed by atoms with Crippen LogP contribution in [0.25, 0.3) is 0 Å². The van der Waals surface area contributed by atoms with Crippen LogP contribution in [0.4, 0.5) is 0 Å². The number of aliphatic carboxylic acids is 1. The van der Waals surface area contributed by atoms with Crippen LogP contribution >= 0.6 is 0 Å². The van der Waals surface area contributed by atoms with Gasteiger partial charge in [0.15, 0.2) is 0 Å². The quantitative estimate of drug-likeness (QED) is 0.528. The molecule has 2 saturated heterocycles. The minimum Gasteiger partial charge on any atom is -0.480 e. The molecule has 190 valence electrons. The number of carbonyl (C=O) groups is 3. The molecule has 0 spiro atoms. The lowest BCUT2D eigenvalue weighted by Gasteiger charge is -2.46. The van der Waals surface area contributed by atoms with E-state index in [4.69, 9.17) is 0 Å². The summed E-state index contributed by atoms with van der Waals surface area (Å²) in [6, 6.07) is 27.1. The second kappa shape index (κ2) is 10.6. The van der Waals surface area contributed by atoms with E-state index in [0.717, 1.165) is 16.7 Å². The molecule has 3 aromatic rings. The summed E-state index contributed by atoms with van der Waals surface area (Å²) in [5, 5.41) is 10.3. The molecule has 2 amide bonds. The van der Waals surface area contributed by atoms with E-state index in [0.29, 0.717) is 19.3 Å². The third kappa shape index (κ3) is 4.88. The Morgan fingerprint density at radius 2 is 1.35 bits per heavy atom. The number of carboxylic acids is 1. The van der Waals surface area contributed by atoms with Crippen molar-refractivity contribution in [2.24, 2.45) is 5.92 Å². The van der Waals surface area contributed by atoms with Crippen molar-refractivity contribution in [2.45, 2.75) is 50.2 Å². The fraction of sp³-hybridized carbons (Fsp3) is 0.323. The molecular weight excluding hydrogens is 464 g/mol. The number of hydrogen-bond donors (Lipinski definition) is 1. The zero-order valence-electron chi connectivity index (χ0n) is 20.9. The van der Waals surface area contributed by atoms with Crippen LogP contribution in [0, 0.1) is 5.92 Å². The highest BCUT2D eigenvalue weighted by Gasteiger charge is 2.53. The highest BCUT2D eigenvalue weighted by Crippen LogP contribution is 2.38. The maximum atomic E-state index is 14.1. The monoisotopic (exact) mass is 496 g/mol. The summed E-state index contributed by atoms with van der Waals surface area (Å²) < 4.78 is 0. The van der Waals surface area contributed by atoms with Crippen molar-refractivity contribution in [1.82, 2.24) is 9.80 Å². The van der Waals surface area contributed by atoms with Crippen LogP contribution in [0.5, 0.6) is 0 Å². The zero-order valence-corrected chi connectivity index (χ0v) is 20.9. The van der Waals surface area contributed by atoms with Gasteiger partial charge in [0, 0.05) is 18.5 Å². The molecule has 1 unspecified atom stereocenters. The lowest BCUT2D eigenvalue weighted by molar-refractivity contribution is -0.162. The molecule has 6 nitrogen and oxygen atoms in total. The summed E-state index contributed by atoms with van der Waals surface area (Å²) in [7, 11) is 0. The Hall–Kier alpha value is -3.93. The highest BCUT2D eigenvalue weighted by molar-refractivity contribution is 5.92. The van der Waals surface area contributed by atoms with Gasteiger partial charge in [-0.3, -0.25) is 9.59 Å². The summed E-state index contributed by atoms with van der Waals surface area (Å²) in [5.74, 6) is -2.21. The van der Waals surface area contributed by atoms with E-state index in [1.807, 2.05) is 97.9 Å². The smallest absolute Gasteiger partial charge is 0.328 e. The number of benzene rings is 3. The SMILES string of the molecule is CC(Cc1ccccc1)C(=O)N1[C@H]2CC[C@@H]1[C@@H](C(=O)O)N(C(=O)C(c1ccccc1)c1ccccc1)C2. The number of hydrogen-bond acceptors (Lipinski definition) is 3. The van der Waals surface area contributed by atoms with Crippen molar-refractivity contribution in [3.63, 3.8) is 0 Å². The van der Waals surface area contributed by atoms with E-state index in [-0.39, 0.29) is 30.3 Å². The van der Waals surface area contributed by atoms with Crippen LogP contribution < -0.4 is 0 Å². The lowest BCUT2D eigenvalue weighted by Crippen LogP contribution is -2.66. The molecule has 1 N–H and O–H groups in total. The Labute approximate surface area is 217 Å². The van der Waals surface area contributed by atoms with E-state index in [1.54, 1.807) is 4.90 Å². The van der Waals surface area contributed by atoms with Gasteiger partial charge in [-0.25, -0.2) is 4.79 Å². The Kier molecular flexibility index (Phi) is 7.08. The zero-order chi connectivity index (χ0) is 25.9. The van der Waals surface area contributed by atoms with Gasteiger partial charge in [-0.2, -0.15) is 0 Å². The summed E-state index contributed by atoms with van der Waals surface area (Å²) >= 11 is 0. The van der Waals surface area contributed by atoms with Crippen molar-refractivity contribution in [3.8, 4) is 0 Å². The van der Waals surface area contributed by atoms with Crippen LogP contribution in [-0.4, -0.2) is 57.4 Å². The Morgan fingerprint density at radius 3 is 1.89 bits per heavy atom. The van der Waals surface area contributed by atoms with Crippen molar-refractivity contribution < 1.29 is 19.5 Å². The van der Waals surface area contributed by atoms with E-state index < -0.39 is 24.0 Å². The van der Waals surface area contributed by atoms with E-state index >= 15 is 0 Å². The number of piperazine rings is 1. The second-order valence-electron chi connectivity index (χ2n) is 10.2. The predicted molar refractivity (Wildman–Crippen MR) is 141 cm³/mol. The number of nitrogens with zero attached hydrogens (tertiary/aromatic N) is 2. The number of rotatable bonds is 7. The standard InChI is InChI=1S/C31H32N2O4/c1-21(19-22-11-5-2-6-12-22)29(34)33-25-17-18-26(33)28(31(36)37)32(20-25)30(35)27(23-13-7-3-8-14-23)24-15-9-4-10-16-24/h2-16,21,25-28H,17-20H2,1H3,(H,36,37)/t21?,25-,26+,28-/m0/s1. The number of fused-ring (bicyclic) bond motifs is 2. The molecule has 0 aromatic heterocycles. The Bertz CT molecular complexity index is 1210. The van der Waals surface area contributed by atoms with Crippen LogP contribution in [0.1, 0.15) is 42.4 Å².